The molecule has 0 aromatic carbocycles. The van der Waals surface area contributed by atoms with Crippen molar-refractivity contribution in [2.75, 3.05) is 5.73 Å². The van der Waals surface area contributed by atoms with E-state index < -0.39 is 9.70 Å². The molecule has 0 aliphatic carbocycles. The lowest BCUT2D eigenvalue weighted by atomic mass is 10.3. The van der Waals surface area contributed by atoms with Crippen LogP contribution in [-0.2, 0) is 3.79 Å². The number of anilines is 1. The van der Waals surface area contributed by atoms with Crippen LogP contribution in [0.5, 0.6) is 0 Å². The van der Waals surface area contributed by atoms with Crippen molar-refractivity contribution in [2.24, 2.45) is 5.73 Å². The van der Waals surface area contributed by atoms with Crippen molar-refractivity contribution in [1.82, 2.24) is 9.97 Å². The SMILES string of the molecule is NC(=O)c1cnc(C(Cl)(Cl)Cl)nc1N. The number of carbonyl (C=O) groups excluding carboxylic acids is 1. The maximum atomic E-state index is 10.7. The van der Waals surface area contributed by atoms with Gasteiger partial charge in [-0.05, 0) is 0 Å². The monoisotopic (exact) mass is 254 g/mol. The first-order valence-electron chi connectivity index (χ1n) is 3.32. The van der Waals surface area contributed by atoms with Crippen molar-refractivity contribution >= 4 is 46.5 Å². The molecule has 0 fully saturated rings. The number of carbonyl (C=O) groups is 1. The van der Waals surface area contributed by atoms with Gasteiger partial charge in [0.05, 0.1) is 5.56 Å². The van der Waals surface area contributed by atoms with Crippen LogP contribution in [0.15, 0.2) is 6.20 Å². The lowest BCUT2D eigenvalue weighted by molar-refractivity contribution is 0.100. The molecule has 0 aliphatic rings. The Labute approximate surface area is 94.4 Å². The van der Waals surface area contributed by atoms with Gasteiger partial charge in [0.2, 0.25) is 3.79 Å². The van der Waals surface area contributed by atoms with Gasteiger partial charge in [-0.2, -0.15) is 0 Å². The normalized spacial score (nSPS) is 11.4. The first-order chi connectivity index (χ1) is 6.32. The van der Waals surface area contributed by atoms with Crippen LogP contribution >= 0.6 is 34.8 Å². The topological polar surface area (TPSA) is 94.9 Å². The molecule has 0 unspecified atom stereocenters. The van der Waals surface area contributed by atoms with Gasteiger partial charge in [0.15, 0.2) is 5.82 Å². The second kappa shape index (κ2) is 3.76. The Morgan fingerprint density at radius 3 is 2.36 bits per heavy atom. The first-order valence-corrected chi connectivity index (χ1v) is 4.45. The molecule has 0 saturated carbocycles. The number of rotatable bonds is 1. The number of alkyl halides is 3. The molecule has 5 nitrogen and oxygen atoms in total. The standard InChI is InChI=1S/C6H5Cl3N4O/c7-6(8,9)5-12-1-2(4(11)14)3(10)13-5/h1H,(H2,11,14)(H2,10,12,13). The molecule has 4 N–H and O–H groups in total. The van der Waals surface area contributed by atoms with Crippen molar-refractivity contribution in [3.05, 3.63) is 17.6 Å². The molecule has 14 heavy (non-hydrogen) atoms. The average Bonchev–Trinajstić information content (AvgIpc) is 2.01. The number of halogens is 3. The Kier molecular flexibility index (Phi) is 3.04. The molecule has 8 heteroatoms. The van der Waals surface area contributed by atoms with E-state index in [1.165, 1.54) is 0 Å². The second-order valence-electron chi connectivity index (χ2n) is 2.35. The van der Waals surface area contributed by atoms with Crippen molar-refractivity contribution in [1.29, 1.82) is 0 Å². The summed E-state index contributed by atoms with van der Waals surface area (Å²) in [6, 6.07) is 0. The number of hydrogen-bond acceptors (Lipinski definition) is 4. The molecular weight excluding hydrogens is 250 g/mol. The summed E-state index contributed by atoms with van der Waals surface area (Å²) in [6.07, 6.45) is 1.11. The van der Waals surface area contributed by atoms with Crippen LogP contribution in [0.3, 0.4) is 0 Å². The number of amides is 1. The van der Waals surface area contributed by atoms with Gasteiger partial charge in [-0.25, -0.2) is 9.97 Å². The van der Waals surface area contributed by atoms with Crippen molar-refractivity contribution in [3.8, 4) is 0 Å². The van der Waals surface area contributed by atoms with E-state index in [1.807, 2.05) is 0 Å². The fourth-order valence-electron chi connectivity index (χ4n) is 0.721. The molecule has 0 atom stereocenters. The van der Waals surface area contributed by atoms with Gasteiger partial charge >= 0.3 is 0 Å². The summed E-state index contributed by atoms with van der Waals surface area (Å²) in [4.78, 5) is 18.0. The zero-order valence-corrected chi connectivity index (χ0v) is 8.94. The van der Waals surface area contributed by atoms with E-state index in [0.29, 0.717) is 0 Å². The van der Waals surface area contributed by atoms with Crippen LogP contribution in [0.25, 0.3) is 0 Å². The largest absolute Gasteiger partial charge is 0.383 e. The summed E-state index contributed by atoms with van der Waals surface area (Å²) >= 11 is 16.5. The third-order valence-corrected chi connectivity index (χ3v) is 1.84. The first kappa shape index (κ1) is 11.3. The molecule has 1 amide bonds. The smallest absolute Gasteiger partial charge is 0.254 e. The second-order valence-corrected chi connectivity index (χ2v) is 4.64. The van der Waals surface area contributed by atoms with Crippen LogP contribution in [-0.4, -0.2) is 15.9 Å². The van der Waals surface area contributed by atoms with Crippen LogP contribution in [0.1, 0.15) is 16.2 Å². The van der Waals surface area contributed by atoms with E-state index in [1.54, 1.807) is 0 Å². The summed E-state index contributed by atoms with van der Waals surface area (Å²) in [7, 11) is 0. The molecule has 76 valence electrons. The van der Waals surface area contributed by atoms with Crippen LogP contribution in [0.2, 0.25) is 0 Å². The summed E-state index contributed by atoms with van der Waals surface area (Å²) in [5.74, 6) is -0.961. The van der Waals surface area contributed by atoms with Gasteiger partial charge in [-0.15, -0.1) is 0 Å². The maximum Gasteiger partial charge on any atom is 0.254 e. The molecule has 1 aromatic heterocycles. The lowest BCUT2D eigenvalue weighted by Gasteiger charge is -2.09. The van der Waals surface area contributed by atoms with E-state index in [4.69, 9.17) is 46.3 Å². The Morgan fingerprint density at radius 2 is 2.00 bits per heavy atom. The predicted molar refractivity (Wildman–Crippen MR) is 54.2 cm³/mol. The Hall–Kier alpha value is -0.780. The summed E-state index contributed by atoms with van der Waals surface area (Å²) in [6.45, 7) is 0. The maximum absolute atomic E-state index is 10.7. The van der Waals surface area contributed by atoms with E-state index in [9.17, 15) is 4.79 Å². The highest BCUT2D eigenvalue weighted by molar-refractivity contribution is 6.66. The third-order valence-electron chi connectivity index (χ3n) is 1.34. The van der Waals surface area contributed by atoms with Gasteiger partial charge in [0.25, 0.3) is 5.91 Å². The number of nitrogens with zero attached hydrogens (tertiary/aromatic N) is 2. The molecule has 1 heterocycles. The molecule has 0 saturated heterocycles. The highest BCUT2D eigenvalue weighted by Gasteiger charge is 2.27. The number of nitrogen functional groups attached to an aromatic ring is 1. The van der Waals surface area contributed by atoms with Crippen LogP contribution < -0.4 is 11.5 Å². The van der Waals surface area contributed by atoms with Crippen LogP contribution in [0, 0.1) is 0 Å². The van der Waals surface area contributed by atoms with Gasteiger partial charge in [-0.1, -0.05) is 34.8 Å². The fourth-order valence-corrected chi connectivity index (χ4v) is 0.995. The Bertz CT molecular complexity index is 376. The summed E-state index contributed by atoms with van der Waals surface area (Å²) in [5.41, 5.74) is 10.4. The van der Waals surface area contributed by atoms with E-state index in [-0.39, 0.29) is 17.2 Å². The fraction of sp³-hybridized carbons (Fsp3) is 0.167. The predicted octanol–water partition coefficient (Wildman–Crippen LogP) is 0.984. The molecule has 0 aliphatic heterocycles. The quantitative estimate of drug-likeness (QED) is 0.731. The van der Waals surface area contributed by atoms with Gasteiger partial charge in [-0.3, -0.25) is 4.79 Å². The van der Waals surface area contributed by atoms with Crippen LogP contribution in [0.4, 0.5) is 5.82 Å². The zero-order valence-electron chi connectivity index (χ0n) is 6.67. The van der Waals surface area contributed by atoms with E-state index in [0.717, 1.165) is 6.20 Å². The number of nitrogens with two attached hydrogens (primary N) is 2. The van der Waals surface area contributed by atoms with E-state index >= 15 is 0 Å². The number of aromatic nitrogens is 2. The summed E-state index contributed by atoms with van der Waals surface area (Å²) in [5, 5.41) is 0. The Balaban J connectivity index is 3.20. The van der Waals surface area contributed by atoms with Gasteiger partial charge in [0.1, 0.15) is 5.82 Å². The highest BCUT2D eigenvalue weighted by Crippen LogP contribution is 2.35. The average molecular weight is 255 g/mol. The number of primary amides is 1. The number of hydrogen-bond donors (Lipinski definition) is 2. The minimum absolute atomic E-state index is 0.0111. The molecule has 1 aromatic rings. The minimum atomic E-state index is -1.77. The van der Waals surface area contributed by atoms with E-state index in [2.05, 4.69) is 9.97 Å². The van der Waals surface area contributed by atoms with Crippen molar-refractivity contribution in [2.45, 2.75) is 3.79 Å². The third kappa shape index (κ3) is 2.37. The zero-order chi connectivity index (χ0) is 10.9. The van der Waals surface area contributed by atoms with Gasteiger partial charge in [0, 0.05) is 6.20 Å². The van der Waals surface area contributed by atoms with Crippen molar-refractivity contribution in [3.63, 3.8) is 0 Å². The molecule has 0 radical (unpaired) electrons. The van der Waals surface area contributed by atoms with Gasteiger partial charge < -0.3 is 11.5 Å². The Morgan fingerprint density at radius 1 is 1.43 bits per heavy atom. The molecule has 1 rings (SSSR count). The molecule has 0 spiro atoms. The summed E-state index contributed by atoms with van der Waals surface area (Å²) < 4.78 is -1.77. The molecule has 0 bridgehead atoms. The minimum Gasteiger partial charge on any atom is -0.383 e. The van der Waals surface area contributed by atoms with Crippen molar-refractivity contribution < 1.29 is 4.79 Å². The lowest BCUT2D eigenvalue weighted by Crippen LogP contribution is -2.17. The highest BCUT2D eigenvalue weighted by atomic mass is 35.6. The molecular formula is C6H5Cl3N4O.